The molecular weight excluding hydrogens is 230 g/mol. The van der Waals surface area contributed by atoms with E-state index in [-0.39, 0.29) is 0 Å². The van der Waals surface area contributed by atoms with Gasteiger partial charge >= 0.3 is 0 Å². The molecule has 0 bridgehead atoms. The lowest BCUT2D eigenvalue weighted by molar-refractivity contribution is 0.423. The molecule has 0 amide bonds. The van der Waals surface area contributed by atoms with Crippen molar-refractivity contribution in [3.63, 3.8) is 0 Å². The molecular formula is C11H8ClNOS. The molecule has 4 heteroatoms. The first kappa shape index (κ1) is 9.31. The second-order valence-corrected chi connectivity index (χ2v) is 4.86. The monoisotopic (exact) mass is 237 g/mol. The minimum absolute atomic E-state index is 0.433. The zero-order valence-corrected chi connectivity index (χ0v) is 9.44. The van der Waals surface area contributed by atoms with Crippen LogP contribution in [0.3, 0.4) is 0 Å². The Morgan fingerprint density at radius 3 is 3.13 bits per heavy atom. The number of nitrogens with zero attached hydrogens (tertiary/aromatic N) is 1. The Hall–Kier alpha value is -0.930. The Bertz CT molecular complexity index is 509. The maximum absolute atomic E-state index is 5.96. The van der Waals surface area contributed by atoms with E-state index in [1.54, 1.807) is 0 Å². The molecule has 1 aliphatic rings. The Kier molecular flexibility index (Phi) is 2.22. The first-order chi connectivity index (χ1) is 7.36. The average Bonchev–Trinajstić information content (AvgIpc) is 2.53. The lowest BCUT2D eigenvalue weighted by Crippen LogP contribution is -1.86. The van der Waals surface area contributed by atoms with Crippen molar-refractivity contribution in [1.82, 2.24) is 5.16 Å². The zero-order valence-electron chi connectivity index (χ0n) is 7.87. The van der Waals surface area contributed by atoms with Crippen LogP contribution in [0.2, 0.25) is 5.22 Å². The highest BCUT2D eigenvalue weighted by Gasteiger charge is 2.21. The van der Waals surface area contributed by atoms with Gasteiger partial charge in [0, 0.05) is 21.8 Å². The van der Waals surface area contributed by atoms with E-state index in [4.69, 9.17) is 16.1 Å². The third-order valence-electron chi connectivity index (χ3n) is 2.49. The number of fused-ring (bicyclic) bond motifs is 3. The number of aromatic nitrogens is 1. The standard InChI is InChI=1S/C11H8ClNOS/c12-11-8-5-6-15-9-4-2-1-3-7(9)10(8)13-14-11/h1-4H,5-6H2. The van der Waals surface area contributed by atoms with Gasteiger partial charge in [0.2, 0.25) is 5.22 Å². The summed E-state index contributed by atoms with van der Waals surface area (Å²) in [5, 5.41) is 4.47. The lowest BCUT2D eigenvalue weighted by atomic mass is 10.1. The lowest BCUT2D eigenvalue weighted by Gasteiger charge is -2.01. The summed E-state index contributed by atoms with van der Waals surface area (Å²) in [7, 11) is 0. The fraction of sp³-hybridized carbons (Fsp3) is 0.182. The smallest absolute Gasteiger partial charge is 0.229 e. The number of halogens is 1. The summed E-state index contributed by atoms with van der Waals surface area (Å²) < 4.78 is 5.04. The third-order valence-corrected chi connectivity index (χ3v) is 3.86. The molecule has 1 aliphatic heterocycles. The quantitative estimate of drug-likeness (QED) is 0.700. The summed E-state index contributed by atoms with van der Waals surface area (Å²) in [6.45, 7) is 0. The topological polar surface area (TPSA) is 26.0 Å². The molecule has 0 N–H and O–H groups in total. The van der Waals surface area contributed by atoms with E-state index in [0.29, 0.717) is 5.22 Å². The van der Waals surface area contributed by atoms with E-state index < -0.39 is 0 Å². The Morgan fingerprint density at radius 2 is 2.20 bits per heavy atom. The van der Waals surface area contributed by atoms with E-state index in [1.165, 1.54) is 4.90 Å². The predicted molar refractivity (Wildman–Crippen MR) is 61.4 cm³/mol. The molecule has 0 unspecified atom stereocenters. The molecule has 3 rings (SSSR count). The van der Waals surface area contributed by atoms with Gasteiger partial charge in [-0.15, -0.1) is 11.8 Å². The highest BCUT2D eigenvalue weighted by molar-refractivity contribution is 7.99. The van der Waals surface area contributed by atoms with Crippen LogP contribution in [-0.2, 0) is 6.42 Å². The van der Waals surface area contributed by atoms with Gasteiger partial charge in [-0.25, -0.2) is 0 Å². The molecule has 1 aromatic carbocycles. The van der Waals surface area contributed by atoms with Crippen molar-refractivity contribution in [2.45, 2.75) is 11.3 Å². The SMILES string of the molecule is Clc1onc2c1CCSc1ccccc1-2. The summed E-state index contributed by atoms with van der Waals surface area (Å²) in [4.78, 5) is 1.25. The van der Waals surface area contributed by atoms with Crippen LogP contribution in [0.4, 0.5) is 0 Å². The second-order valence-electron chi connectivity index (χ2n) is 3.38. The molecule has 76 valence electrons. The molecule has 0 saturated heterocycles. The minimum atomic E-state index is 0.433. The summed E-state index contributed by atoms with van der Waals surface area (Å²) in [6, 6.07) is 8.22. The number of thioether (sulfide) groups is 1. The van der Waals surface area contributed by atoms with Gasteiger partial charge in [-0.05, 0) is 24.1 Å². The minimum Gasteiger partial charge on any atom is -0.343 e. The van der Waals surface area contributed by atoms with E-state index in [1.807, 2.05) is 23.9 Å². The van der Waals surface area contributed by atoms with Crippen molar-refractivity contribution in [3.8, 4) is 11.3 Å². The van der Waals surface area contributed by atoms with Gasteiger partial charge in [-0.2, -0.15) is 0 Å². The van der Waals surface area contributed by atoms with Gasteiger partial charge in [-0.1, -0.05) is 23.4 Å². The Labute approximate surface area is 96.6 Å². The van der Waals surface area contributed by atoms with Crippen molar-refractivity contribution in [2.75, 3.05) is 5.75 Å². The van der Waals surface area contributed by atoms with Gasteiger partial charge in [-0.3, -0.25) is 0 Å². The van der Waals surface area contributed by atoms with E-state index >= 15 is 0 Å². The Morgan fingerprint density at radius 1 is 1.33 bits per heavy atom. The predicted octanol–water partition coefficient (Wildman–Crippen LogP) is 3.64. The van der Waals surface area contributed by atoms with E-state index in [0.717, 1.165) is 29.0 Å². The first-order valence-corrected chi connectivity index (χ1v) is 6.09. The van der Waals surface area contributed by atoms with Gasteiger partial charge in [0.05, 0.1) is 0 Å². The van der Waals surface area contributed by atoms with Gasteiger partial charge < -0.3 is 4.52 Å². The first-order valence-electron chi connectivity index (χ1n) is 4.72. The number of hydrogen-bond donors (Lipinski definition) is 0. The Balaban J connectivity index is 2.27. The maximum atomic E-state index is 5.96. The fourth-order valence-corrected chi connectivity index (χ4v) is 3.01. The average molecular weight is 238 g/mol. The number of hydrogen-bond acceptors (Lipinski definition) is 3. The molecule has 0 fully saturated rings. The highest BCUT2D eigenvalue weighted by atomic mass is 35.5. The molecule has 0 atom stereocenters. The number of rotatable bonds is 0. The van der Waals surface area contributed by atoms with E-state index in [9.17, 15) is 0 Å². The molecule has 2 heterocycles. The molecule has 0 spiro atoms. The van der Waals surface area contributed by atoms with Gasteiger partial charge in [0.25, 0.3) is 0 Å². The van der Waals surface area contributed by atoms with Crippen LogP contribution in [0.5, 0.6) is 0 Å². The molecule has 15 heavy (non-hydrogen) atoms. The summed E-state index contributed by atoms with van der Waals surface area (Å²) in [5.41, 5.74) is 3.07. The summed E-state index contributed by atoms with van der Waals surface area (Å²) in [5.74, 6) is 1.02. The largest absolute Gasteiger partial charge is 0.343 e. The van der Waals surface area contributed by atoms with Crippen LogP contribution >= 0.6 is 23.4 Å². The van der Waals surface area contributed by atoms with Crippen LogP contribution in [-0.4, -0.2) is 10.9 Å². The van der Waals surface area contributed by atoms with Crippen molar-refractivity contribution in [3.05, 3.63) is 35.0 Å². The summed E-state index contributed by atoms with van der Waals surface area (Å²) in [6.07, 6.45) is 0.914. The number of benzene rings is 1. The van der Waals surface area contributed by atoms with Crippen LogP contribution in [0.15, 0.2) is 33.7 Å². The molecule has 0 saturated carbocycles. The molecule has 0 aliphatic carbocycles. The maximum Gasteiger partial charge on any atom is 0.229 e. The van der Waals surface area contributed by atoms with E-state index in [2.05, 4.69) is 17.3 Å². The van der Waals surface area contributed by atoms with Crippen molar-refractivity contribution >= 4 is 23.4 Å². The molecule has 2 nitrogen and oxygen atoms in total. The van der Waals surface area contributed by atoms with Crippen LogP contribution in [0.1, 0.15) is 5.56 Å². The van der Waals surface area contributed by atoms with Gasteiger partial charge in [0.15, 0.2) is 0 Å². The van der Waals surface area contributed by atoms with Crippen molar-refractivity contribution in [1.29, 1.82) is 0 Å². The van der Waals surface area contributed by atoms with Crippen LogP contribution in [0.25, 0.3) is 11.3 Å². The third kappa shape index (κ3) is 1.46. The highest BCUT2D eigenvalue weighted by Crippen LogP contribution is 2.39. The fourth-order valence-electron chi connectivity index (χ4n) is 1.77. The second kappa shape index (κ2) is 3.58. The van der Waals surface area contributed by atoms with Crippen LogP contribution in [0, 0.1) is 0 Å². The van der Waals surface area contributed by atoms with Crippen molar-refractivity contribution in [2.24, 2.45) is 0 Å². The molecule has 2 aromatic rings. The normalized spacial score (nSPS) is 14.2. The van der Waals surface area contributed by atoms with Crippen LogP contribution < -0.4 is 0 Å². The molecule has 0 radical (unpaired) electrons. The molecule has 1 aromatic heterocycles. The zero-order chi connectivity index (χ0) is 10.3. The van der Waals surface area contributed by atoms with Crippen molar-refractivity contribution < 1.29 is 4.52 Å². The summed E-state index contributed by atoms with van der Waals surface area (Å²) >= 11 is 7.80. The van der Waals surface area contributed by atoms with Gasteiger partial charge in [0.1, 0.15) is 5.69 Å².